The van der Waals surface area contributed by atoms with Gasteiger partial charge in [0.2, 0.25) is 11.8 Å². The lowest BCUT2D eigenvalue weighted by atomic mass is 10.0. The van der Waals surface area contributed by atoms with E-state index in [1.807, 2.05) is 0 Å². The topological polar surface area (TPSA) is 108 Å². The van der Waals surface area contributed by atoms with Crippen LogP contribution in [0.15, 0.2) is 29.6 Å². The van der Waals surface area contributed by atoms with Gasteiger partial charge in [0, 0.05) is 32.6 Å². The first kappa shape index (κ1) is 18.5. The van der Waals surface area contributed by atoms with Crippen LogP contribution in [0.3, 0.4) is 0 Å². The Morgan fingerprint density at radius 1 is 1.18 bits per heavy atom. The second-order valence-electron chi connectivity index (χ2n) is 7.00. The van der Waals surface area contributed by atoms with Crippen molar-refractivity contribution in [2.45, 2.75) is 25.4 Å². The maximum absolute atomic E-state index is 13.9. The largest absolute Gasteiger partial charge is 0.309 e. The molecule has 3 N–H and O–H groups in total. The molecule has 0 bridgehead atoms. The van der Waals surface area contributed by atoms with E-state index in [4.69, 9.17) is 0 Å². The third-order valence-electron chi connectivity index (χ3n) is 5.21. The minimum absolute atomic E-state index is 0.0413. The van der Waals surface area contributed by atoms with Crippen LogP contribution in [0.1, 0.15) is 39.1 Å². The van der Waals surface area contributed by atoms with Crippen LogP contribution in [0.4, 0.5) is 4.39 Å². The number of hydrogen-bond donors (Lipinski definition) is 3. The Kier molecular flexibility index (Phi) is 4.78. The molecule has 28 heavy (non-hydrogen) atoms. The Morgan fingerprint density at radius 2 is 1.96 bits per heavy atom. The van der Waals surface area contributed by atoms with Crippen molar-refractivity contribution < 1.29 is 23.6 Å². The molecule has 1 unspecified atom stereocenters. The fourth-order valence-electron chi connectivity index (χ4n) is 3.61. The normalized spacial score (nSPS) is 21.5. The Labute approximate surface area is 160 Å². The Morgan fingerprint density at radius 3 is 2.64 bits per heavy atom. The summed E-state index contributed by atoms with van der Waals surface area (Å²) < 4.78 is 13.9. The van der Waals surface area contributed by atoms with Crippen molar-refractivity contribution in [2.24, 2.45) is 0 Å². The van der Waals surface area contributed by atoms with Crippen LogP contribution in [0.25, 0.3) is 0 Å². The third-order valence-corrected chi connectivity index (χ3v) is 5.21. The number of rotatable bonds is 5. The molecule has 0 aromatic heterocycles. The van der Waals surface area contributed by atoms with E-state index in [-0.39, 0.29) is 42.9 Å². The summed E-state index contributed by atoms with van der Waals surface area (Å²) in [5.41, 5.74) is 1.73. The number of nitrogens with zero attached hydrogens (tertiary/aromatic N) is 1. The highest BCUT2D eigenvalue weighted by Gasteiger charge is 2.45. The van der Waals surface area contributed by atoms with Crippen LogP contribution in [-0.2, 0) is 16.1 Å². The monoisotopic (exact) mass is 386 g/mol. The third kappa shape index (κ3) is 3.12. The number of halogens is 1. The molecule has 2 saturated heterocycles. The van der Waals surface area contributed by atoms with Gasteiger partial charge in [-0.3, -0.25) is 29.4 Å². The summed E-state index contributed by atoms with van der Waals surface area (Å²) in [6.07, 6.45) is 0.178. The van der Waals surface area contributed by atoms with Crippen LogP contribution in [0.2, 0.25) is 0 Å². The average molecular weight is 386 g/mol. The molecule has 8 nitrogen and oxygen atoms in total. The minimum atomic E-state index is -1.00. The van der Waals surface area contributed by atoms with Gasteiger partial charge in [0.15, 0.2) is 0 Å². The Balaban J connectivity index is 1.52. The molecule has 3 heterocycles. The standard InChI is InChI=1S/C19H19FN4O4/c20-13(11-7-21-8-11)9-22-6-10-2-1-3-12-16(10)19(28)24(18(12)27)14-4-5-15(25)23-17(14)26/h1-3,14,21-22H,4-9H2,(H,23,25,26). The molecule has 1 aromatic rings. The zero-order valence-electron chi connectivity index (χ0n) is 15.0. The molecule has 1 atom stereocenters. The molecule has 1 aromatic carbocycles. The fourth-order valence-corrected chi connectivity index (χ4v) is 3.61. The minimum Gasteiger partial charge on any atom is -0.309 e. The highest BCUT2D eigenvalue weighted by Crippen LogP contribution is 2.29. The van der Waals surface area contributed by atoms with E-state index in [0.717, 1.165) is 10.5 Å². The zero-order valence-corrected chi connectivity index (χ0v) is 15.0. The van der Waals surface area contributed by atoms with Gasteiger partial charge < -0.3 is 10.6 Å². The number of piperidine rings is 1. The van der Waals surface area contributed by atoms with Gasteiger partial charge in [0.25, 0.3) is 11.8 Å². The molecular weight excluding hydrogens is 367 g/mol. The maximum Gasteiger partial charge on any atom is 0.262 e. The molecule has 3 aliphatic heterocycles. The van der Waals surface area contributed by atoms with E-state index >= 15 is 0 Å². The van der Waals surface area contributed by atoms with Crippen molar-refractivity contribution in [2.75, 3.05) is 19.6 Å². The lowest BCUT2D eigenvalue weighted by Gasteiger charge is -2.27. The molecule has 0 spiro atoms. The highest BCUT2D eigenvalue weighted by molar-refractivity contribution is 6.24. The summed E-state index contributed by atoms with van der Waals surface area (Å²) in [6.45, 7) is 1.34. The van der Waals surface area contributed by atoms with Gasteiger partial charge in [-0.05, 0) is 23.6 Å². The van der Waals surface area contributed by atoms with Gasteiger partial charge in [-0.25, -0.2) is 4.39 Å². The molecule has 2 fully saturated rings. The van der Waals surface area contributed by atoms with Gasteiger partial charge in [-0.15, -0.1) is 0 Å². The van der Waals surface area contributed by atoms with Gasteiger partial charge in [-0.1, -0.05) is 12.1 Å². The molecule has 0 aliphatic carbocycles. The molecule has 146 valence electrons. The lowest BCUT2D eigenvalue weighted by molar-refractivity contribution is -0.136. The van der Waals surface area contributed by atoms with Crippen molar-refractivity contribution in [3.05, 3.63) is 46.3 Å². The van der Waals surface area contributed by atoms with Crippen LogP contribution >= 0.6 is 0 Å². The summed E-state index contributed by atoms with van der Waals surface area (Å²) in [7, 11) is 0. The van der Waals surface area contributed by atoms with E-state index in [2.05, 4.69) is 16.0 Å². The molecule has 4 amide bonds. The number of benzene rings is 1. The van der Waals surface area contributed by atoms with Crippen LogP contribution in [0, 0.1) is 0 Å². The van der Waals surface area contributed by atoms with Crippen molar-refractivity contribution in [1.82, 2.24) is 20.9 Å². The fraction of sp³-hybridized carbons (Fsp3) is 0.368. The number of fused-ring (bicyclic) bond motifs is 1. The average Bonchev–Trinajstić information content (AvgIpc) is 2.86. The van der Waals surface area contributed by atoms with Gasteiger partial charge in [0.05, 0.1) is 11.1 Å². The van der Waals surface area contributed by atoms with Gasteiger partial charge in [0.1, 0.15) is 11.9 Å². The van der Waals surface area contributed by atoms with E-state index < -0.39 is 29.7 Å². The van der Waals surface area contributed by atoms with Gasteiger partial charge >= 0.3 is 0 Å². The number of carbonyl (C=O) groups excluding carboxylic acids is 4. The van der Waals surface area contributed by atoms with E-state index in [9.17, 15) is 23.6 Å². The number of hydrogen-bond acceptors (Lipinski definition) is 6. The van der Waals surface area contributed by atoms with Crippen molar-refractivity contribution in [1.29, 1.82) is 0 Å². The molecule has 3 aliphatic rings. The summed E-state index contributed by atoms with van der Waals surface area (Å²) in [4.78, 5) is 50.1. The summed E-state index contributed by atoms with van der Waals surface area (Å²) in [5, 5.41) is 8.10. The molecule has 4 rings (SSSR count). The number of carbonyl (C=O) groups is 4. The van der Waals surface area contributed by atoms with Gasteiger partial charge in [-0.2, -0.15) is 0 Å². The summed E-state index contributed by atoms with van der Waals surface area (Å²) in [5.74, 6) is -2.40. The Hall–Kier alpha value is -2.91. The first-order valence-electron chi connectivity index (χ1n) is 9.08. The molecule has 0 saturated carbocycles. The molecule has 9 heteroatoms. The number of amides is 4. The smallest absolute Gasteiger partial charge is 0.262 e. The van der Waals surface area contributed by atoms with E-state index in [0.29, 0.717) is 18.7 Å². The second kappa shape index (κ2) is 7.25. The highest BCUT2D eigenvalue weighted by atomic mass is 19.1. The van der Waals surface area contributed by atoms with E-state index in [1.54, 1.807) is 12.1 Å². The maximum atomic E-state index is 13.9. The lowest BCUT2D eigenvalue weighted by Crippen LogP contribution is -2.54. The quantitative estimate of drug-likeness (QED) is 0.615. The van der Waals surface area contributed by atoms with Crippen LogP contribution < -0.4 is 16.0 Å². The van der Waals surface area contributed by atoms with Crippen molar-refractivity contribution in [3.63, 3.8) is 0 Å². The zero-order chi connectivity index (χ0) is 19.8. The Bertz CT molecular complexity index is 921. The number of imide groups is 2. The predicted molar refractivity (Wildman–Crippen MR) is 95.8 cm³/mol. The van der Waals surface area contributed by atoms with E-state index in [1.165, 1.54) is 6.07 Å². The SMILES string of the molecule is O=C1CCC(N2C(=O)c3cccc(CNCC(F)=C4CNC4)c3C2=O)C(=O)N1. The number of nitrogens with one attached hydrogen (secondary N) is 3. The summed E-state index contributed by atoms with van der Waals surface area (Å²) >= 11 is 0. The first-order chi connectivity index (χ1) is 13.5. The van der Waals surface area contributed by atoms with Crippen LogP contribution in [0.5, 0.6) is 0 Å². The molecular formula is C19H19FN4O4. The first-order valence-corrected chi connectivity index (χ1v) is 9.08. The predicted octanol–water partition coefficient (Wildman–Crippen LogP) is 0.00420. The second-order valence-corrected chi connectivity index (χ2v) is 7.00. The van der Waals surface area contributed by atoms with Crippen molar-refractivity contribution >= 4 is 23.6 Å². The van der Waals surface area contributed by atoms with Crippen LogP contribution in [-0.4, -0.2) is 54.2 Å². The summed E-state index contributed by atoms with van der Waals surface area (Å²) in [6, 6.07) is 3.88. The van der Waals surface area contributed by atoms with Crippen molar-refractivity contribution in [3.8, 4) is 0 Å². The molecule has 0 radical (unpaired) electrons.